The first-order valence-corrected chi connectivity index (χ1v) is 8.62. The van der Waals surface area contributed by atoms with E-state index in [1.165, 1.54) is 5.56 Å². The predicted octanol–water partition coefficient (Wildman–Crippen LogP) is 3.15. The summed E-state index contributed by atoms with van der Waals surface area (Å²) in [6, 6.07) is 14.5. The number of amides is 2. The lowest BCUT2D eigenvalue weighted by atomic mass is 9.87. The van der Waals surface area contributed by atoms with Crippen LogP contribution in [0.5, 0.6) is 5.75 Å². The minimum atomic E-state index is -0.184. The summed E-state index contributed by atoms with van der Waals surface area (Å²) in [5.74, 6) is 0.367. The summed E-state index contributed by atoms with van der Waals surface area (Å²) in [4.78, 5) is 24.2. The molecule has 2 amide bonds. The third-order valence-corrected chi connectivity index (χ3v) is 4.06. The summed E-state index contributed by atoms with van der Waals surface area (Å²) >= 11 is 0. The number of ether oxygens (including phenoxy) is 1. The van der Waals surface area contributed by atoms with E-state index in [4.69, 9.17) is 4.74 Å². The molecule has 0 saturated carbocycles. The van der Waals surface area contributed by atoms with Gasteiger partial charge in [-0.05, 0) is 47.4 Å². The Morgan fingerprint density at radius 3 is 1.62 bits per heavy atom. The zero-order chi connectivity index (χ0) is 19.2. The summed E-state index contributed by atoms with van der Waals surface area (Å²) < 4.78 is 5.06. The van der Waals surface area contributed by atoms with Gasteiger partial charge in [0, 0.05) is 24.2 Å². The molecule has 0 atom stereocenters. The van der Waals surface area contributed by atoms with Crippen molar-refractivity contribution >= 4 is 11.8 Å². The molecule has 0 aromatic heterocycles. The number of benzene rings is 2. The van der Waals surface area contributed by atoms with Crippen molar-refractivity contribution in [1.82, 2.24) is 10.6 Å². The second-order valence-electron chi connectivity index (χ2n) is 7.07. The van der Waals surface area contributed by atoms with Gasteiger partial charge >= 0.3 is 0 Å². The van der Waals surface area contributed by atoms with Gasteiger partial charge in [-0.2, -0.15) is 0 Å². The second kappa shape index (κ2) is 8.52. The van der Waals surface area contributed by atoms with Gasteiger partial charge in [0.15, 0.2) is 0 Å². The number of methoxy groups -OCH3 is 1. The average Bonchev–Trinajstić information content (AvgIpc) is 2.64. The van der Waals surface area contributed by atoms with E-state index in [2.05, 4.69) is 31.4 Å². The Morgan fingerprint density at radius 2 is 1.23 bits per heavy atom. The monoisotopic (exact) mass is 354 g/mol. The van der Waals surface area contributed by atoms with Crippen LogP contribution in [0, 0.1) is 0 Å². The molecule has 0 aliphatic carbocycles. The topological polar surface area (TPSA) is 67.4 Å². The Labute approximate surface area is 154 Å². The molecule has 5 heteroatoms. The van der Waals surface area contributed by atoms with Gasteiger partial charge in [-0.3, -0.25) is 9.59 Å². The highest BCUT2D eigenvalue weighted by molar-refractivity contribution is 5.95. The van der Waals surface area contributed by atoms with E-state index in [1.807, 2.05) is 24.3 Å². The lowest BCUT2D eigenvalue weighted by molar-refractivity contribution is 0.0927. The molecule has 0 fully saturated rings. The van der Waals surface area contributed by atoms with Crippen LogP contribution < -0.4 is 15.4 Å². The Bertz CT molecular complexity index is 744. The average molecular weight is 354 g/mol. The van der Waals surface area contributed by atoms with Gasteiger partial charge in [0.1, 0.15) is 5.75 Å². The van der Waals surface area contributed by atoms with Crippen molar-refractivity contribution in [2.45, 2.75) is 26.2 Å². The van der Waals surface area contributed by atoms with E-state index >= 15 is 0 Å². The van der Waals surface area contributed by atoms with Crippen LogP contribution in [0.2, 0.25) is 0 Å². The number of rotatable bonds is 6. The SMILES string of the molecule is COc1ccc(C(=O)NCCNC(=O)c2ccc(C(C)(C)C)cc2)cc1. The predicted molar refractivity (Wildman–Crippen MR) is 103 cm³/mol. The molecule has 2 rings (SSSR count). The number of hydrogen-bond acceptors (Lipinski definition) is 3. The fourth-order valence-corrected chi connectivity index (χ4v) is 2.42. The van der Waals surface area contributed by atoms with E-state index in [-0.39, 0.29) is 17.2 Å². The maximum atomic E-state index is 12.2. The minimum absolute atomic E-state index is 0.0563. The molecule has 0 radical (unpaired) electrons. The third kappa shape index (κ3) is 5.34. The zero-order valence-electron chi connectivity index (χ0n) is 15.8. The molecule has 2 N–H and O–H groups in total. The summed E-state index contributed by atoms with van der Waals surface area (Å²) in [5.41, 5.74) is 2.40. The van der Waals surface area contributed by atoms with E-state index in [1.54, 1.807) is 31.4 Å². The smallest absolute Gasteiger partial charge is 0.251 e. The van der Waals surface area contributed by atoms with Crippen LogP contribution >= 0.6 is 0 Å². The molecule has 2 aromatic rings. The summed E-state index contributed by atoms with van der Waals surface area (Å²) in [7, 11) is 1.58. The fraction of sp³-hybridized carbons (Fsp3) is 0.333. The summed E-state index contributed by atoms with van der Waals surface area (Å²) in [6.07, 6.45) is 0. The zero-order valence-corrected chi connectivity index (χ0v) is 15.8. The maximum Gasteiger partial charge on any atom is 0.251 e. The molecule has 0 aliphatic heterocycles. The van der Waals surface area contributed by atoms with Crippen LogP contribution in [0.3, 0.4) is 0 Å². The van der Waals surface area contributed by atoms with Crippen LogP contribution in [0.15, 0.2) is 48.5 Å². The van der Waals surface area contributed by atoms with Gasteiger partial charge in [-0.15, -0.1) is 0 Å². The quantitative estimate of drug-likeness (QED) is 0.783. The molecule has 26 heavy (non-hydrogen) atoms. The van der Waals surface area contributed by atoms with Crippen LogP contribution in [0.1, 0.15) is 47.1 Å². The normalized spacial score (nSPS) is 10.9. The van der Waals surface area contributed by atoms with Crippen molar-refractivity contribution in [3.63, 3.8) is 0 Å². The number of carbonyl (C=O) groups is 2. The molecule has 0 heterocycles. The van der Waals surface area contributed by atoms with Crippen LogP contribution in [0.4, 0.5) is 0 Å². The first-order chi connectivity index (χ1) is 12.3. The van der Waals surface area contributed by atoms with Gasteiger partial charge in [0.25, 0.3) is 11.8 Å². The van der Waals surface area contributed by atoms with E-state index in [0.29, 0.717) is 30.0 Å². The van der Waals surface area contributed by atoms with Gasteiger partial charge in [0.05, 0.1) is 7.11 Å². The Kier molecular flexibility index (Phi) is 6.39. The van der Waals surface area contributed by atoms with Crippen molar-refractivity contribution < 1.29 is 14.3 Å². The van der Waals surface area contributed by atoms with E-state index < -0.39 is 0 Å². The van der Waals surface area contributed by atoms with Crippen LogP contribution in [-0.4, -0.2) is 32.0 Å². The van der Waals surface area contributed by atoms with E-state index in [0.717, 1.165) is 0 Å². The highest BCUT2D eigenvalue weighted by Gasteiger charge is 2.14. The van der Waals surface area contributed by atoms with Crippen molar-refractivity contribution in [2.24, 2.45) is 0 Å². The lowest BCUT2D eigenvalue weighted by Gasteiger charge is -2.19. The molecule has 0 bridgehead atoms. The van der Waals surface area contributed by atoms with Gasteiger partial charge in [-0.1, -0.05) is 32.9 Å². The molecule has 2 aromatic carbocycles. The summed E-state index contributed by atoms with van der Waals surface area (Å²) in [6.45, 7) is 7.12. The third-order valence-electron chi connectivity index (χ3n) is 4.06. The lowest BCUT2D eigenvalue weighted by Crippen LogP contribution is -2.34. The van der Waals surface area contributed by atoms with Crippen LogP contribution in [0.25, 0.3) is 0 Å². The van der Waals surface area contributed by atoms with Gasteiger partial charge in [-0.25, -0.2) is 0 Å². The first kappa shape index (κ1) is 19.5. The molecular formula is C21H26N2O3. The second-order valence-corrected chi connectivity index (χ2v) is 7.07. The van der Waals surface area contributed by atoms with Crippen molar-refractivity contribution in [1.29, 1.82) is 0 Å². The molecule has 0 aliphatic rings. The van der Waals surface area contributed by atoms with Crippen molar-refractivity contribution in [3.8, 4) is 5.75 Å². The van der Waals surface area contributed by atoms with E-state index in [9.17, 15) is 9.59 Å². The Balaban J connectivity index is 1.78. The maximum absolute atomic E-state index is 12.2. The minimum Gasteiger partial charge on any atom is -0.497 e. The fourth-order valence-electron chi connectivity index (χ4n) is 2.42. The largest absolute Gasteiger partial charge is 0.497 e. The number of nitrogens with one attached hydrogen (secondary N) is 2. The standard InChI is InChI=1S/C21H26N2O3/c1-21(2,3)17-9-5-15(6-10-17)19(24)22-13-14-23-20(25)16-7-11-18(26-4)12-8-16/h5-12H,13-14H2,1-4H3,(H,22,24)(H,23,25). The molecule has 0 saturated heterocycles. The Hall–Kier alpha value is -2.82. The molecule has 0 spiro atoms. The Morgan fingerprint density at radius 1 is 0.808 bits per heavy atom. The molecule has 138 valence electrons. The summed E-state index contributed by atoms with van der Waals surface area (Å²) in [5, 5.41) is 5.59. The molecule has 5 nitrogen and oxygen atoms in total. The van der Waals surface area contributed by atoms with Gasteiger partial charge in [0.2, 0.25) is 0 Å². The molecular weight excluding hydrogens is 328 g/mol. The highest BCUT2D eigenvalue weighted by atomic mass is 16.5. The number of hydrogen-bond donors (Lipinski definition) is 2. The van der Waals surface area contributed by atoms with Crippen molar-refractivity contribution in [3.05, 3.63) is 65.2 Å². The van der Waals surface area contributed by atoms with Crippen LogP contribution in [-0.2, 0) is 5.41 Å². The first-order valence-electron chi connectivity index (χ1n) is 8.62. The highest BCUT2D eigenvalue weighted by Crippen LogP contribution is 2.22. The van der Waals surface area contributed by atoms with Gasteiger partial charge < -0.3 is 15.4 Å². The number of carbonyl (C=O) groups excluding carboxylic acids is 2. The molecule has 0 unspecified atom stereocenters. The van der Waals surface area contributed by atoms with Crippen molar-refractivity contribution in [2.75, 3.05) is 20.2 Å².